The topological polar surface area (TPSA) is 93.2 Å². The molecule has 1 aliphatic carbocycles. The van der Waals surface area contributed by atoms with Crippen molar-refractivity contribution in [2.75, 3.05) is 17.7 Å². The minimum Gasteiger partial charge on any atom is -0.494 e. The molecule has 1 fully saturated rings. The molecule has 0 spiro atoms. The number of anilines is 1. The Bertz CT molecular complexity index is 804. The summed E-state index contributed by atoms with van der Waals surface area (Å²) >= 11 is 2.59. The Kier molecular flexibility index (Phi) is 8.30. The molecular weight excluding hydrogens is 408 g/mol. The second-order valence-corrected chi connectivity index (χ2v) is 9.09. The molecule has 2 amide bonds. The zero-order chi connectivity index (χ0) is 20.5. The van der Waals surface area contributed by atoms with E-state index >= 15 is 0 Å². The lowest BCUT2D eigenvalue weighted by atomic mass is 10.2. The lowest BCUT2D eigenvalue weighted by molar-refractivity contribution is -0.119. The van der Waals surface area contributed by atoms with Crippen LogP contribution in [0.25, 0.3) is 0 Å². The van der Waals surface area contributed by atoms with Crippen LogP contribution in [0.15, 0.2) is 28.6 Å². The average Bonchev–Trinajstić information content (AvgIpc) is 3.39. The maximum absolute atomic E-state index is 12.4. The number of carbonyl (C=O) groups is 2. The summed E-state index contributed by atoms with van der Waals surface area (Å²) in [5.74, 6) is 0.819. The van der Waals surface area contributed by atoms with E-state index in [-0.39, 0.29) is 11.8 Å². The van der Waals surface area contributed by atoms with Gasteiger partial charge < -0.3 is 10.1 Å². The summed E-state index contributed by atoms with van der Waals surface area (Å²) in [5.41, 5.74) is 0.521. The zero-order valence-electron chi connectivity index (χ0n) is 16.5. The molecule has 0 aliphatic heterocycles. The van der Waals surface area contributed by atoms with Crippen LogP contribution in [-0.2, 0) is 4.79 Å². The number of rotatable bonds is 10. The molecular formula is C20H26N4O3S2. The standard InChI is InChI=1S/C20H26N4O3S2/c1-2-3-12-27-16-10-8-14(9-11-16)18(26)22-19-23-24-20(29-19)28-13-17(25)21-15-6-4-5-7-15/h8-11,15H,2-7,12-13H2,1H3,(H,21,25)(H,22,23,26). The SMILES string of the molecule is CCCCOc1ccc(C(=O)Nc2nnc(SCC(=O)NC3CCCC3)s2)cc1. The van der Waals surface area contributed by atoms with Gasteiger partial charge in [0, 0.05) is 11.6 Å². The second kappa shape index (κ2) is 11.2. The molecule has 156 valence electrons. The van der Waals surface area contributed by atoms with Crippen molar-refractivity contribution in [3.63, 3.8) is 0 Å². The molecule has 0 bridgehead atoms. The molecule has 0 atom stereocenters. The molecule has 2 N–H and O–H groups in total. The molecule has 1 aromatic heterocycles. The van der Waals surface area contributed by atoms with Crippen LogP contribution < -0.4 is 15.4 Å². The third kappa shape index (κ3) is 7.01. The van der Waals surface area contributed by atoms with E-state index in [1.807, 2.05) is 0 Å². The van der Waals surface area contributed by atoms with Crippen LogP contribution in [-0.4, -0.2) is 40.4 Å². The highest BCUT2D eigenvalue weighted by molar-refractivity contribution is 8.01. The van der Waals surface area contributed by atoms with Gasteiger partial charge in [0.1, 0.15) is 5.75 Å². The number of thioether (sulfide) groups is 1. The van der Waals surface area contributed by atoms with Gasteiger partial charge in [0.05, 0.1) is 12.4 Å². The van der Waals surface area contributed by atoms with Crippen molar-refractivity contribution < 1.29 is 14.3 Å². The Labute approximate surface area is 179 Å². The fraction of sp³-hybridized carbons (Fsp3) is 0.500. The number of unbranched alkanes of at least 4 members (excludes halogenated alkanes) is 1. The monoisotopic (exact) mass is 434 g/mol. The van der Waals surface area contributed by atoms with Crippen molar-refractivity contribution >= 4 is 40.0 Å². The minimum atomic E-state index is -0.253. The first-order valence-electron chi connectivity index (χ1n) is 9.94. The number of hydrogen-bond donors (Lipinski definition) is 2. The summed E-state index contributed by atoms with van der Waals surface area (Å²) in [6, 6.07) is 7.33. The molecule has 2 aromatic rings. The number of carbonyl (C=O) groups excluding carboxylic acids is 2. The summed E-state index contributed by atoms with van der Waals surface area (Å²) in [6.07, 6.45) is 6.59. The number of hydrogen-bond acceptors (Lipinski definition) is 7. The smallest absolute Gasteiger partial charge is 0.257 e. The van der Waals surface area contributed by atoms with E-state index in [1.165, 1.54) is 35.9 Å². The van der Waals surface area contributed by atoms with Crippen LogP contribution in [0.5, 0.6) is 5.75 Å². The first kappa shape index (κ1) is 21.6. The molecule has 1 aliphatic rings. The van der Waals surface area contributed by atoms with E-state index < -0.39 is 0 Å². The van der Waals surface area contributed by atoms with Gasteiger partial charge >= 0.3 is 0 Å². The van der Waals surface area contributed by atoms with Crippen molar-refractivity contribution in [3.8, 4) is 5.75 Å². The van der Waals surface area contributed by atoms with Gasteiger partial charge in [-0.1, -0.05) is 49.3 Å². The first-order valence-corrected chi connectivity index (χ1v) is 11.7. The fourth-order valence-corrected chi connectivity index (χ4v) is 4.55. The van der Waals surface area contributed by atoms with E-state index in [9.17, 15) is 9.59 Å². The van der Waals surface area contributed by atoms with Crippen LogP contribution in [0.1, 0.15) is 55.8 Å². The third-order valence-corrected chi connectivity index (χ3v) is 6.53. The second-order valence-electron chi connectivity index (χ2n) is 6.89. The van der Waals surface area contributed by atoms with E-state index in [0.717, 1.165) is 31.4 Å². The van der Waals surface area contributed by atoms with Crippen LogP contribution in [0.4, 0.5) is 5.13 Å². The molecule has 0 saturated heterocycles. The first-order chi connectivity index (χ1) is 14.1. The van der Waals surface area contributed by atoms with Crippen molar-refractivity contribution in [3.05, 3.63) is 29.8 Å². The predicted octanol–water partition coefficient (Wildman–Crippen LogP) is 4.12. The van der Waals surface area contributed by atoms with E-state index in [4.69, 9.17) is 4.74 Å². The van der Waals surface area contributed by atoms with Crippen molar-refractivity contribution in [2.24, 2.45) is 0 Å². The van der Waals surface area contributed by atoms with Crippen LogP contribution in [0, 0.1) is 0 Å². The predicted molar refractivity (Wildman–Crippen MR) is 116 cm³/mol. The van der Waals surface area contributed by atoms with Gasteiger partial charge in [0.25, 0.3) is 5.91 Å². The van der Waals surface area contributed by atoms with E-state index in [0.29, 0.717) is 33.4 Å². The summed E-state index contributed by atoms with van der Waals surface area (Å²) < 4.78 is 6.26. The quantitative estimate of drug-likeness (QED) is 0.332. The van der Waals surface area contributed by atoms with Crippen molar-refractivity contribution in [1.82, 2.24) is 15.5 Å². The average molecular weight is 435 g/mol. The molecule has 0 unspecified atom stereocenters. The normalized spacial score (nSPS) is 14.0. The number of benzene rings is 1. The molecule has 7 nitrogen and oxygen atoms in total. The van der Waals surface area contributed by atoms with Gasteiger partial charge in [0.15, 0.2) is 4.34 Å². The van der Waals surface area contributed by atoms with Gasteiger partial charge in [-0.25, -0.2) is 0 Å². The van der Waals surface area contributed by atoms with Gasteiger partial charge in [-0.05, 0) is 43.5 Å². The molecule has 9 heteroatoms. The Hall–Kier alpha value is -2.13. The lowest BCUT2D eigenvalue weighted by Crippen LogP contribution is -2.33. The van der Waals surface area contributed by atoms with E-state index in [2.05, 4.69) is 27.8 Å². The van der Waals surface area contributed by atoms with Crippen LogP contribution >= 0.6 is 23.1 Å². The Morgan fingerprint density at radius 3 is 2.69 bits per heavy atom. The zero-order valence-corrected chi connectivity index (χ0v) is 18.1. The maximum Gasteiger partial charge on any atom is 0.257 e. The number of aromatic nitrogens is 2. The van der Waals surface area contributed by atoms with Crippen molar-refractivity contribution in [2.45, 2.75) is 55.8 Å². The Balaban J connectivity index is 1.44. The number of amides is 2. The molecule has 3 rings (SSSR count). The van der Waals surface area contributed by atoms with Gasteiger partial charge in [-0.3, -0.25) is 14.9 Å². The highest BCUT2D eigenvalue weighted by Gasteiger charge is 2.18. The number of ether oxygens (including phenoxy) is 1. The molecule has 1 saturated carbocycles. The minimum absolute atomic E-state index is 0.0175. The van der Waals surface area contributed by atoms with E-state index in [1.54, 1.807) is 24.3 Å². The fourth-order valence-electron chi connectivity index (χ4n) is 2.99. The summed E-state index contributed by atoms with van der Waals surface area (Å²) in [7, 11) is 0. The molecule has 29 heavy (non-hydrogen) atoms. The summed E-state index contributed by atoms with van der Waals surface area (Å²) in [6.45, 7) is 2.78. The molecule has 1 heterocycles. The Morgan fingerprint density at radius 2 is 1.97 bits per heavy atom. The van der Waals surface area contributed by atoms with Gasteiger partial charge in [0.2, 0.25) is 11.0 Å². The summed E-state index contributed by atoms with van der Waals surface area (Å²) in [4.78, 5) is 24.4. The largest absolute Gasteiger partial charge is 0.494 e. The van der Waals surface area contributed by atoms with Gasteiger partial charge in [-0.2, -0.15) is 0 Å². The van der Waals surface area contributed by atoms with Crippen LogP contribution in [0.2, 0.25) is 0 Å². The van der Waals surface area contributed by atoms with Gasteiger partial charge in [-0.15, -0.1) is 10.2 Å². The highest BCUT2D eigenvalue weighted by atomic mass is 32.2. The Morgan fingerprint density at radius 1 is 1.21 bits per heavy atom. The maximum atomic E-state index is 12.4. The summed E-state index contributed by atoms with van der Waals surface area (Å²) in [5, 5.41) is 14.2. The number of nitrogens with one attached hydrogen (secondary N) is 2. The third-order valence-electron chi connectivity index (χ3n) is 4.56. The lowest BCUT2D eigenvalue weighted by Gasteiger charge is -2.10. The highest BCUT2D eigenvalue weighted by Crippen LogP contribution is 2.26. The molecule has 1 aromatic carbocycles. The van der Waals surface area contributed by atoms with Crippen molar-refractivity contribution in [1.29, 1.82) is 0 Å². The van der Waals surface area contributed by atoms with Crippen LogP contribution in [0.3, 0.4) is 0 Å². The molecule has 0 radical (unpaired) electrons. The number of nitrogens with zero attached hydrogens (tertiary/aromatic N) is 2.